The van der Waals surface area contributed by atoms with Crippen LogP contribution in [-0.2, 0) is 46.9 Å². The number of aryl methyl sites for hydroxylation is 2. The minimum absolute atomic E-state index is 0.0885. The molecule has 0 bridgehead atoms. The maximum atomic E-state index is 13.0. The largest absolute Gasteiger partial charge is 0.381 e. The van der Waals surface area contributed by atoms with E-state index in [2.05, 4.69) is 69.4 Å². The lowest BCUT2D eigenvalue weighted by molar-refractivity contribution is -0.126. The molecule has 2 saturated heterocycles. The summed E-state index contributed by atoms with van der Waals surface area (Å²) >= 11 is 6.66. The van der Waals surface area contributed by atoms with Gasteiger partial charge in [-0.3, -0.25) is 14.5 Å². The molecule has 2 fully saturated rings. The van der Waals surface area contributed by atoms with Crippen LogP contribution in [0.1, 0.15) is 68.3 Å². The van der Waals surface area contributed by atoms with Crippen molar-refractivity contribution in [1.29, 1.82) is 0 Å². The summed E-state index contributed by atoms with van der Waals surface area (Å²) in [4.78, 5) is 33.3. The summed E-state index contributed by atoms with van der Waals surface area (Å²) in [6, 6.07) is 14.7. The van der Waals surface area contributed by atoms with Crippen molar-refractivity contribution in [3.8, 4) is 11.1 Å². The number of anilines is 1. The molecule has 0 spiro atoms. The Balaban J connectivity index is 1.04. The molecule has 0 atom stereocenters. The maximum Gasteiger partial charge on any atom is 0.220 e. The molecule has 0 radical (unpaired) electrons. The number of benzene rings is 2. The van der Waals surface area contributed by atoms with E-state index in [0.717, 1.165) is 123 Å². The summed E-state index contributed by atoms with van der Waals surface area (Å²) in [6.07, 6.45) is 5.74. The molecule has 2 aromatic heterocycles. The van der Waals surface area contributed by atoms with E-state index in [4.69, 9.17) is 21.3 Å². The summed E-state index contributed by atoms with van der Waals surface area (Å²) < 4.78 is 7.49. The Morgan fingerprint density at radius 3 is 2.57 bits per heavy atom. The summed E-state index contributed by atoms with van der Waals surface area (Å²) in [5, 5.41) is 19.4. The zero-order valence-corrected chi connectivity index (χ0v) is 30.7. The minimum atomic E-state index is -0.182. The van der Waals surface area contributed by atoms with E-state index in [1.165, 1.54) is 5.56 Å². The molecule has 0 saturated carbocycles. The predicted octanol–water partition coefficient (Wildman–Crippen LogP) is 5.43. The number of aromatic nitrogens is 3. The first-order valence-electron chi connectivity index (χ1n) is 18.5. The number of hydrogen-bond acceptors (Lipinski definition) is 8. The van der Waals surface area contributed by atoms with Crippen LogP contribution >= 0.6 is 11.6 Å². The molecular weight excluding hydrogens is 664 g/mol. The molecule has 0 aliphatic carbocycles. The number of nitrogens with zero attached hydrogens (tertiary/aromatic N) is 4. The van der Waals surface area contributed by atoms with Crippen LogP contribution in [0, 0.1) is 0 Å². The maximum absolute atomic E-state index is 13.0. The first-order valence-corrected chi connectivity index (χ1v) is 18.8. The van der Waals surface area contributed by atoms with Crippen molar-refractivity contribution < 1.29 is 14.3 Å². The molecule has 4 heterocycles. The van der Waals surface area contributed by atoms with Crippen LogP contribution in [0.2, 0.25) is 5.02 Å². The molecule has 2 amide bonds. The Morgan fingerprint density at radius 2 is 1.78 bits per heavy atom. The molecule has 51 heavy (non-hydrogen) atoms. The van der Waals surface area contributed by atoms with Gasteiger partial charge in [-0.05, 0) is 80.6 Å². The van der Waals surface area contributed by atoms with Crippen molar-refractivity contribution in [3.05, 3.63) is 76.1 Å². The summed E-state index contributed by atoms with van der Waals surface area (Å²) in [7, 11) is 0. The standard InChI is InChI=1S/C39H51ClN8O3/c1-3-35-32(38(45-30-13-19-51-20-14-30)33-25-44-48(4-2)39(33)46-35)24-43-37(50)12-11-36(49)42-23-27-9-10-34(40)31(22-27)29-8-5-7-28(21-29)26-47-17-6-15-41-16-18-47/h5,7-10,21-22,25,30,41H,3-4,6,11-20,23-24,26H2,1-2H3,(H,42,49)(H,43,50)(H,45,46). The molecule has 0 unspecified atom stereocenters. The van der Waals surface area contributed by atoms with Crippen LogP contribution in [0.5, 0.6) is 0 Å². The van der Waals surface area contributed by atoms with Gasteiger partial charge in [-0.2, -0.15) is 5.10 Å². The third kappa shape index (κ3) is 9.65. The van der Waals surface area contributed by atoms with Crippen molar-refractivity contribution in [2.75, 3.05) is 44.7 Å². The summed E-state index contributed by atoms with van der Waals surface area (Å²) in [6.45, 7) is 12.1. The van der Waals surface area contributed by atoms with Gasteiger partial charge in [0.25, 0.3) is 0 Å². The van der Waals surface area contributed by atoms with Crippen molar-refractivity contribution in [1.82, 2.24) is 35.6 Å². The van der Waals surface area contributed by atoms with Gasteiger partial charge in [0.2, 0.25) is 11.8 Å². The van der Waals surface area contributed by atoms with E-state index < -0.39 is 0 Å². The second kappa shape index (κ2) is 17.9. The summed E-state index contributed by atoms with van der Waals surface area (Å²) in [5.74, 6) is -0.361. The fourth-order valence-corrected chi connectivity index (χ4v) is 7.18. The van der Waals surface area contributed by atoms with Gasteiger partial charge < -0.3 is 26.0 Å². The second-order valence-electron chi connectivity index (χ2n) is 13.4. The molecule has 4 N–H and O–H groups in total. The number of rotatable bonds is 14. The smallest absolute Gasteiger partial charge is 0.220 e. The topological polar surface area (TPSA) is 125 Å². The number of halogens is 1. The van der Waals surface area contributed by atoms with E-state index in [1.54, 1.807) is 0 Å². The fraction of sp³-hybridized carbons (Fsp3) is 0.487. The van der Waals surface area contributed by atoms with Crippen molar-refractivity contribution >= 4 is 40.1 Å². The van der Waals surface area contributed by atoms with E-state index in [9.17, 15) is 9.59 Å². The quantitative estimate of drug-likeness (QED) is 0.136. The Bertz CT molecular complexity index is 1800. The highest BCUT2D eigenvalue weighted by molar-refractivity contribution is 6.33. The van der Waals surface area contributed by atoms with E-state index in [-0.39, 0.29) is 30.7 Å². The van der Waals surface area contributed by atoms with Gasteiger partial charge in [0.1, 0.15) is 0 Å². The third-order valence-electron chi connectivity index (χ3n) is 9.81. The van der Waals surface area contributed by atoms with Gasteiger partial charge in [-0.15, -0.1) is 0 Å². The van der Waals surface area contributed by atoms with Crippen LogP contribution in [0.15, 0.2) is 48.7 Å². The lowest BCUT2D eigenvalue weighted by Crippen LogP contribution is -2.30. The number of hydrogen-bond donors (Lipinski definition) is 4. The number of carbonyl (C=O) groups excluding carboxylic acids is 2. The molecular formula is C39H51ClN8O3. The number of fused-ring (bicyclic) bond motifs is 1. The molecule has 11 nitrogen and oxygen atoms in total. The van der Waals surface area contributed by atoms with Crippen molar-refractivity contribution in [2.45, 2.75) is 84.6 Å². The lowest BCUT2D eigenvalue weighted by Gasteiger charge is -2.26. The number of nitrogens with one attached hydrogen (secondary N) is 4. The van der Waals surface area contributed by atoms with Gasteiger partial charge in [0.15, 0.2) is 5.65 Å². The van der Waals surface area contributed by atoms with Gasteiger partial charge >= 0.3 is 0 Å². The molecule has 2 aliphatic rings. The van der Waals surface area contributed by atoms with E-state index in [1.807, 2.05) is 29.1 Å². The van der Waals surface area contributed by atoms with Gasteiger partial charge in [-0.25, -0.2) is 9.67 Å². The highest BCUT2D eigenvalue weighted by Crippen LogP contribution is 2.32. The van der Waals surface area contributed by atoms with Crippen LogP contribution in [0.4, 0.5) is 5.69 Å². The molecule has 272 valence electrons. The van der Waals surface area contributed by atoms with Gasteiger partial charge in [0.05, 0.1) is 17.3 Å². The monoisotopic (exact) mass is 714 g/mol. The number of amides is 2. The van der Waals surface area contributed by atoms with Crippen LogP contribution in [0.3, 0.4) is 0 Å². The molecule has 12 heteroatoms. The highest BCUT2D eigenvalue weighted by atomic mass is 35.5. The minimum Gasteiger partial charge on any atom is -0.381 e. The number of pyridine rings is 1. The Morgan fingerprint density at radius 1 is 0.980 bits per heavy atom. The van der Waals surface area contributed by atoms with Gasteiger partial charge in [-0.1, -0.05) is 42.8 Å². The van der Waals surface area contributed by atoms with Gasteiger partial charge in [0, 0.05) is 93.2 Å². The predicted molar refractivity (Wildman–Crippen MR) is 203 cm³/mol. The zero-order valence-electron chi connectivity index (χ0n) is 29.9. The number of ether oxygens (including phenoxy) is 1. The average molecular weight is 715 g/mol. The average Bonchev–Trinajstić information content (AvgIpc) is 3.40. The highest BCUT2D eigenvalue weighted by Gasteiger charge is 2.22. The lowest BCUT2D eigenvalue weighted by atomic mass is 10.0. The molecule has 6 rings (SSSR count). The van der Waals surface area contributed by atoms with E-state index >= 15 is 0 Å². The fourth-order valence-electron chi connectivity index (χ4n) is 6.95. The van der Waals surface area contributed by atoms with E-state index in [0.29, 0.717) is 18.1 Å². The summed E-state index contributed by atoms with van der Waals surface area (Å²) in [5.41, 5.74) is 7.91. The molecule has 2 aromatic carbocycles. The third-order valence-corrected chi connectivity index (χ3v) is 10.1. The zero-order chi connectivity index (χ0) is 35.6. The molecule has 4 aromatic rings. The normalized spacial score (nSPS) is 15.8. The van der Waals surface area contributed by atoms with Crippen LogP contribution in [-0.4, -0.2) is 76.9 Å². The van der Waals surface area contributed by atoms with Crippen LogP contribution < -0.4 is 21.3 Å². The second-order valence-corrected chi connectivity index (χ2v) is 13.8. The SMILES string of the molecule is CCc1nc2c(cnn2CC)c(NC2CCOCC2)c1CNC(=O)CCC(=O)NCc1ccc(Cl)c(-c2cccc(CN3CCCNCC3)c2)c1. The first-order chi connectivity index (χ1) is 24.9. The Hall–Kier alpha value is -4.03. The first kappa shape index (κ1) is 36.8. The Labute approximate surface area is 305 Å². The molecule has 2 aliphatic heterocycles. The van der Waals surface area contributed by atoms with Crippen molar-refractivity contribution in [2.24, 2.45) is 0 Å². The van der Waals surface area contributed by atoms with Crippen molar-refractivity contribution in [3.63, 3.8) is 0 Å². The van der Waals surface area contributed by atoms with Crippen LogP contribution in [0.25, 0.3) is 22.2 Å². The Kier molecular flexibility index (Phi) is 12.9. The number of carbonyl (C=O) groups is 2.